The molecule has 0 spiro atoms. The summed E-state index contributed by atoms with van der Waals surface area (Å²) in [5, 5.41) is 10.9. The lowest BCUT2D eigenvalue weighted by molar-refractivity contribution is 0.282. The van der Waals surface area contributed by atoms with Gasteiger partial charge in [0.25, 0.3) is 0 Å². The van der Waals surface area contributed by atoms with E-state index in [-0.39, 0.29) is 18.0 Å². The normalized spacial score (nSPS) is 11.7. The van der Waals surface area contributed by atoms with Crippen LogP contribution in [0.4, 0.5) is 0 Å². The largest absolute Gasteiger partial charge is 0.391 e. The monoisotopic (exact) mass is 273 g/mol. The molecule has 0 saturated carbocycles. The molecule has 1 rings (SSSR count). The van der Waals surface area contributed by atoms with Gasteiger partial charge in [-0.15, -0.1) is 17.8 Å². The molecule has 0 atom stereocenters. The third-order valence-corrected chi connectivity index (χ3v) is 5.72. The Morgan fingerprint density at radius 2 is 2.24 bits per heavy atom. The van der Waals surface area contributed by atoms with Gasteiger partial charge in [-0.2, -0.15) is 4.31 Å². The molecule has 1 aromatic rings. The minimum Gasteiger partial charge on any atom is -0.391 e. The third-order valence-electron chi connectivity index (χ3n) is 2.35. The number of terminal acetylenes is 1. The van der Waals surface area contributed by atoms with Gasteiger partial charge in [0.1, 0.15) is 4.90 Å². The Morgan fingerprint density at radius 1 is 1.59 bits per heavy atom. The fourth-order valence-corrected chi connectivity index (χ4v) is 4.52. The zero-order valence-electron chi connectivity index (χ0n) is 9.80. The summed E-state index contributed by atoms with van der Waals surface area (Å²) >= 11 is 1.24. The van der Waals surface area contributed by atoms with Crippen molar-refractivity contribution in [3.05, 3.63) is 15.8 Å². The molecule has 17 heavy (non-hydrogen) atoms. The average molecular weight is 273 g/mol. The van der Waals surface area contributed by atoms with Crippen molar-refractivity contribution in [1.82, 2.24) is 4.31 Å². The Hall–Kier alpha value is -0.870. The van der Waals surface area contributed by atoms with Gasteiger partial charge in [0, 0.05) is 6.54 Å². The van der Waals surface area contributed by atoms with E-state index >= 15 is 0 Å². The summed E-state index contributed by atoms with van der Waals surface area (Å²) in [5.41, 5.74) is 0.648. The Kier molecular flexibility index (Phi) is 4.71. The quantitative estimate of drug-likeness (QED) is 0.820. The van der Waals surface area contributed by atoms with Crippen LogP contribution in [0.25, 0.3) is 0 Å². The Bertz CT molecular complexity index is 525. The molecule has 0 aliphatic rings. The highest BCUT2D eigenvalue weighted by atomic mass is 32.2. The molecule has 0 radical (unpaired) electrons. The maximum Gasteiger partial charge on any atom is 0.245 e. The Balaban J connectivity index is 3.30. The molecule has 1 N–H and O–H groups in total. The number of nitrogens with zero attached hydrogens (tertiary/aromatic N) is 1. The molecule has 94 valence electrons. The van der Waals surface area contributed by atoms with Gasteiger partial charge in [-0.3, -0.25) is 0 Å². The van der Waals surface area contributed by atoms with Crippen LogP contribution < -0.4 is 0 Å². The van der Waals surface area contributed by atoms with Crippen LogP contribution in [0.5, 0.6) is 0 Å². The van der Waals surface area contributed by atoms with E-state index in [4.69, 9.17) is 11.5 Å². The maximum atomic E-state index is 12.3. The minimum atomic E-state index is -3.60. The zero-order valence-corrected chi connectivity index (χ0v) is 11.4. The highest BCUT2D eigenvalue weighted by Gasteiger charge is 2.28. The third kappa shape index (κ3) is 2.69. The van der Waals surface area contributed by atoms with Crippen LogP contribution in [-0.2, 0) is 16.6 Å². The summed E-state index contributed by atoms with van der Waals surface area (Å²) in [4.78, 5) is 0.653. The number of hydrogen-bond acceptors (Lipinski definition) is 4. The summed E-state index contributed by atoms with van der Waals surface area (Å²) in [6.07, 6.45) is 5.16. The lowest BCUT2D eigenvalue weighted by Gasteiger charge is -2.18. The van der Waals surface area contributed by atoms with Crippen molar-refractivity contribution in [2.75, 3.05) is 13.1 Å². The lowest BCUT2D eigenvalue weighted by atomic mass is 10.3. The van der Waals surface area contributed by atoms with Gasteiger partial charge < -0.3 is 5.11 Å². The molecule has 0 aliphatic carbocycles. The highest BCUT2D eigenvalue weighted by Crippen LogP contribution is 2.29. The first kappa shape index (κ1) is 14.2. The van der Waals surface area contributed by atoms with Crippen LogP contribution in [0.3, 0.4) is 0 Å². The van der Waals surface area contributed by atoms with Crippen molar-refractivity contribution in [3.63, 3.8) is 0 Å². The number of aryl methyl sites for hydroxylation is 1. The number of rotatable bonds is 5. The molecular formula is C11H15NO3S2. The molecule has 1 heterocycles. The predicted molar refractivity (Wildman–Crippen MR) is 68.2 cm³/mol. The minimum absolute atomic E-state index is 0.0407. The van der Waals surface area contributed by atoms with Gasteiger partial charge in [-0.1, -0.05) is 12.8 Å². The molecule has 0 saturated heterocycles. The summed E-state index contributed by atoms with van der Waals surface area (Å²) in [5.74, 6) is 2.33. The maximum absolute atomic E-state index is 12.3. The summed E-state index contributed by atoms with van der Waals surface area (Å²) < 4.78 is 25.9. The van der Waals surface area contributed by atoms with E-state index in [1.165, 1.54) is 15.6 Å². The predicted octanol–water partition coefficient (Wildman–Crippen LogP) is 1.19. The summed E-state index contributed by atoms with van der Waals surface area (Å²) in [6, 6.07) is 0. The van der Waals surface area contributed by atoms with E-state index in [1.807, 2.05) is 0 Å². The van der Waals surface area contributed by atoms with E-state index < -0.39 is 10.0 Å². The molecule has 0 bridgehead atoms. The molecule has 1 aromatic heterocycles. The first-order valence-corrected chi connectivity index (χ1v) is 7.42. The van der Waals surface area contributed by atoms with Crippen molar-refractivity contribution < 1.29 is 13.5 Å². The van der Waals surface area contributed by atoms with Crippen LogP contribution in [-0.4, -0.2) is 30.9 Å². The fraction of sp³-hybridized carbons (Fsp3) is 0.455. The fourth-order valence-electron chi connectivity index (χ4n) is 1.54. The molecule has 0 fully saturated rings. The van der Waals surface area contributed by atoms with E-state index in [0.717, 1.165) is 0 Å². The number of aliphatic hydroxyl groups is 1. The van der Waals surface area contributed by atoms with Crippen molar-refractivity contribution >= 4 is 21.4 Å². The van der Waals surface area contributed by atoms with Gasteiger partial charge in [0.05, 0.1) is 18.0 Å². The first-order valence-electron chi connectivity index (χ1n) is 5.10. The number of thiophene rings is 1. The standard InChI is InChI=1S/C11H15NO3S2/c1-4-6-12(5-2)17(14,15)11-9(3)8-16-10(11)7-13/h1,8,13H,5-7H2,2-3H3. The Labute approximate surface area is 106 Å². The average Bonchev–Trinajstić information content (AvgIpc) is 2.67. The lowest BCUT2D eigenvalue weighted by Crippen LogP contribution is -2.32. The topological polar surface area (TPSA) is 57.6 Å². The molecular weight excluding hydrogens is 258 g/mol. The second-order valence-electron chi connectivity index (χ2n) is 3.46. The van der Waals surface area contributed by atoms with Gasteiger partial charge in [0.15, 0.2) is 0 Å². The van der Waals surface area contributed by atoms with Gasteiger partial charge >= 0.3 is 0 Å². The molecule has 0 aromatic carbocycles. The van der Waals surface area contributed by atoms with Crippen LogP contribution in [0, 0.1) is 19.3 Å². The molecule has 6 heteroatoms. The van der Waals surface area contributed by atoms with E-state index in [1.54, 1.807) is 19.2 Å². The number of aliphatic hydroxyl groups excluding tert-OH is 1. The number of sulfonamides is 1. The number of hydrogen-bond donors (Lipinski definition) is 1. The van der Waals surface area contributed by atoms with Crippen LogP contribution >= 0.6 is 11.3 Å². The second kappa shape index (κ2) is 5.65. The van der Waals surface area contributed by atoms with Crippen molar-refractivity contribution in [3.8, 4) is 12.3 Å². The van der Waals surface area contributed by atoms with E-state index in [9.17, 15) is 8.42 Å². The summed E-state index contributed by atoms with van der Waals surface area (Å²) in [7, 11) is -3.60. The van der Waals surface area contributed by atoms with Crippen LogP contribution in [0.2, 0.25) is 0 Å². The van der Waals surface area contributed by atoms with Crippen LogP contribution in [0.1, 0.15) is 17.4 Å². The van der Waals surface area contributed by atoms with Crippen molar-refractivity contribution in [2.24, 2.45) is 0 Å². The van der Waals surface area contributed by atoms with Crippen molar-refractivity contribution in [2.45, 2.75) is 25.3 Å². The van der Waals surface area contributed by atoms with Gasteiger partial charge in [-0.05, 0) is 17.9 Å². The van der Waals surface area contributed by atoms with E-state index in [2.05, 4.69) is 5.92 Å². The molecule has 0 aliphatic heterocycles. The molecule has 0 unspecified atom stereocenters. The summed E-state index contributed by atoms with van der Waals surface area (Å²) in [6.45, 7) is 3.52. The first-order chi connectivity index (χ1) is 7.98. The van der Waals surface area contributed by atoms with E-state index in [0.29, 0.717) is 17.0 Å². The SMILES string of the molecule is C#CCN(CC)S(=O)(=O)c1c(C)csc1CO. The van der Waals surface area contributed by atoms with Crippen LogP contribution in [0.15, 0.2) is 10.3 Å². The van der Waals surface area contributed by atoms with Gasteiger partial charge in [-0.25, -0.2) is 8.42 Å². The smallest absolute Gasteiger partial charge is 0.245 e. The Morgan fingerprint density at radius 3 is 2.71 bits per heavy atom. The van der Waals surface area contributed by atoms with Gasteiger partial charge in [0.2, 0.25) is 10.0 Å². The molecule has 0 amide bonds. The highest BCUT2D eigenvalue weighted by molar-refractivity contribution is 7.89. The zero-order chi connectivity index (χ0) is 13.1. The van der Waals surface area contributed by atoms with Crippen molar-refractivity contribution in [1.29, 1.82) is 0 Å². The molecule has 4 nitrogen and oxygen atoms in total. The second-order valence-corrected chi connectivity index (χ2v) is 6.30.